The molecule has 172 valence electrons. The summed E-state index contributed by atoms with van der Waals surface area (Å²) in [7, 11) is 2.81. The van der Waals surface area contributed by atoms with Gasteiger partial charge >= 0.3 is 5.97 Å². The van der Waals surface area contributed by atoms with Crippen molar-refractivity contribution in [3.63, 3.8) is 0 Å². The molecule has 0 spiro atoms. The molecule has 1 atom stereocenters. The number of imide groups is 1. The molecule has 0 radical (unpaired) electrons. The Labute approximate surface area is 192 Å². The molecule has 8 heteroatoms. The first-order valence-electron chi connectivity index (χ1n) is 11.0. The van der Waals surface area contributed by atoms with Crippen LogP contribution in [0.25, 0.3) is 0 Å². The fraction of sp³-hybridized carbons (Fsp3) is 0.360. The molecule has 2 fully saturated rings. The van der Waals surface area contributed by atoms with E-state index in [-0.39, 0.29) is 24.3 Å². The van der Waals surface area contributed by atoms with Gasteiger partial charge in [0.05, 0.1) is 31.9 Å². The molecular weight excluding hydrogens is 424 g/mol. The molecule has 1 saturated heterocycles. The summed E-state index contributed by atoms with van der Waals surface area (Å²) >= 11 is 0. The molecule has 8 nitrogen and oxygen atoms in total. The smallest absolute Gasteiger partial charge is 0.337 e. The monoisotopic (exact) mass is 450 g/mol. The van der Waals surface area contributed by atoms with E-state index >= 15 is 0 Å². The number of carbonyl (C=O) groups is 4. The van der Waals surface area contributed by atoms with Gasteiger partial charge in [0.25, 0.3) is 11.8 Å². The van der Waals surface area contributed by atoms with E-state index in [1.165, 1.54) is 38.5 Å². The predicted octanol–water partition coefficient (Wildman–Crippen LogP) is 3.20. The maximum Gasteiger partial charge on any atom is 0.337 e. The van der Waals surface area contributed by atoms with Crippen LogP contribution < -0.4 is 9.64 Å². The van der Waals surface area contributed by atoms with E-state index in [4.69, 9.17) is 9.47 Å². The van der Waals surface area contributed by atoms with Crippen LogP contribution in [0.1, 0.15) is 52.8 Å². The highest BCUT2D eigenvalue weighted by Gasteiger charge is 2.47. The lowest BCUT2D eigenvalue weighted by Crippen LogP contribution is -2.50. The van der Waals surface area contributed by atoms with Crippen molar-refractivity contribution in [1.82, 2.24) is 4.90 Å². The Morgan fingerprint density at radius 3 is 2.30 bits per heavy atom. The van der Waals surface area contributed by atoms with Gasteiger partial charge in [-0.1, -0.05) is 18.9 Å². The highest BCUT2D eigenvalue weighted by molar-refractivity contribution is 6.23. The molecule has 3 amide bonds. The van der Waals surface area contributed by atoms with Crippen molar-refractivity contribution in [2.75, 3.05) is 19.1 Å². The average Bonchev–Trinajstić information content (AvgIpc) is 3.47. The van der Waals surface area contributed by atoms with Gasteiger partial charge in [-0.3, -0.25) is 14.4 Å². The number of anilines is 1. The topological polar surface area (TPSA) is 93.2 Å². The second kappa shape index (κ2) is 9.44. The summed E-state index contributed by atoms with van der Waals surface area (Å²) < 4.78 is 9.95. The Bertz CT molecular complexity index is 1070. The Balaban J connectivity index is 1.64. The number of ether oxygens (including phenoxy) is 2. The zero-order valence-corrected chi connectivity index (χ0v) is 18.7. The highest BCUT2D eigenvalue weighted by atomic mass is 16.5. The molecule has 1 saturated carbocycles. The Morgan fingerprint density at radius 2 is 1.67 bits per heavy atom. The lowest BCUT2D eigenvalue weighted by molar-refractivity contribution is -0.123. The average molecular weight is 450 g/mol. The van der Waals surface area contributed by atoms with Crippen molar-refractivity contribution in [1.29, 1.82) is 0 Å². The van der Waals surface area contributed by atoms with E-state index in [1.54, 1.807) is 29.2 Å². The lowest BCUT2D eigenvalue weighted by Gasteiger charge is -2.33. The maximum atomic E-state index is 13.6. The molecular formula is C25H26N2O6. The first-order chi connectivity index (χ1) is 15.9. The number of hydrogen-bond acceptors (Lipinski definition) is 6. The van der Waals surface area contributed by atoms with E-state index in [1.807, 2.05) is 0 Å². The van der Waals surface area contributed by atoms with Crippen molar-refractivity contribution >= 4 is 29.4 Å². The van der Waals surface area contributed by atoms with Crippen molar-refractivity contribution < 1.29 is 28.7 Å². The molecule has 2 aliphatic rings. The number of benzene rings is 2. The zero-order valence-electron chi connectivity index (χ0n) is 18.7. The van der Waals surface area contributed by atoms with Crippen molar-refractivity contribution in [2.45, 2.75) is 44.2 Å². The number of methoxy groups -OCH3 is 2. The van der Waals surface area contributed by atoms with E-state index in [9.17, 15) is 19.2 Å². The second-order valence-corrected chi connectivity index (χ2v) is 8.21. The van der Waals surface area contributed by atoms with Crippen LogP contribution in [0.15, 0.2) is 48.5 Å². The van der Waals surface area contributed by atoms with Crippen LogP contribution in [0.2, 0.25) is 0 Å². The first kappa shape index (κ1) is 22.5. The van der Waals surface area contributed by atoms with Gasteiger partial charge in [-0.15, -0.1) is 0 Å². The molecule has 4 rings (SSSR count). The van der Waals surface area contributed by atoms with Crippen LogP contribution in [-0.2, 0) is 14.3 Å². The summed E-state index contributed by atoms with van der Waals surface area (Å²) in [6.07, 6.45) is 3.45. The quantitative estimate of drug-likeness (QED) is 0.496. The predicted molar refractivity (Wildman–Crippen MR) is 120 cm³/mol. The van der Waals surface area contributed by atoms with E-state index in [2.05, 4.69) is 0 Å². The Morgan fingerprint density at radius 1 is 0.970 bits per heavy atom. The van der Waals surface area contributed by atoms with Crippen LogP contribution in [0, 0.1) is 0 Å². The fourth-order valence-electron chi connectivity index (χ4n) is 4.62. The molecule has 1 aliphatic heterocycles. The van der Waals surface area contributed by atoms with Crippen molar-refractivity contribution in [3.8, 4) is 5.75 Å². The van der Waals surface area contributed by atoms with Gasteiger partial charge in [0.1, 0.15) is 11.8 Å². The Hall–Kier alpha value is -3.68. The molecule has 0 N–H and O–H groups in total. The molecule has 1 aliphatic carbocycles. The second-order valence-electron chi connectivity index (χ2n) is 8.21. The van der Waals surface area contributed by atoms with Gasteiger partial charge in [0.15, 0.2) is 0 Å². The van der Waals surface area contributed by atoms with Crippen LogP contribution in [0.5, 0.6) is 5.75 Å². The van der Waals surface area contributed by atoms with Crippen molar-refractivity contribution in [2.24, 2.45) is 0 Å². The summed E-state index contributed by atoms with van der Waals surface area (Å²) in [6.45, 7) is 0. The zero-order chi connectivity index (χ0) is 23.5. The molecule has 1 unspecified atom stereocenters. The first-order valence-corrected chi connectivity index (χ1v) is 11.0. The number of esters is 1. The van der Waals surface area contributed by atoms with Crippen LogP contribution in [0.4, 0.5) is 5.69 Å². The van der Waals surface area contributed by atoms with Crippen LogP contribution >= 0.6 is 0 Å². The minimum absolute atomic E-state index is 0.0796. The number of amides is 3. The number of rotatable bonds is 6. The molecule has 1 heterocycles. The molecule has 0 aromatic heterocycles. The normalized spacial score (nSPS) is 18.5. The largest absolute Gasteiger partial charge is 0.497 e. The van der Waals surface area contributed by atoms with Crippen molar-refractivity contribution in [3.05, 3.63) is 59.7 Å². The highest BCUT2D eigenvalue weighted by Crippen LogP contribution is 2.33. The summed E-state index contributed by atoms with van der Waals surface area (Å²) in [5.74, 6) is -1.05. The minimum Gasteiger partial charge on any atom is -0.497 e. The standard InChI is InChI=1S/C25H26N2O6/c1-32-20-9-5-6-17(14-20)23(29)26(18-7-3-4-8-18)21-15-22(28)27(24(21)30)19-12-10-16(11-13-19)25(31)33-2/h5-6,9-14,18,21H,3-4,7-8,15H2,1-2H3. The number of nitrogens with zero attached hydrogens (tertiary/aromatic N) is 2. The van der Waals surface area contributed by atoms with E-state index in [0.29, 0.717) is 22.6 Å². The molecule has 0 bridgehead atoms. The SMILES string of the molecule is COC(=O)c1ccc(N2C(=O)CC(N(C(=O)c3cccc(OC)c3)C3CCCC3)C2=O)cc1. The van der Waals surface area contributed by atoms with Gasteiger partial charge in [-0.25, -0.2) is 9.69 Å². The summed E-state index contributed by atoms with van der Waals surface area (Å²) in [4.78, 5) is 54.3. The van der Waals surface area contributed by atoms with Crippen LogP contribution in [-0.4, -0.2) is 54.9 Å². The minimum atomic E-state index is -0.875. The van der Waals surface area contributed by atoms with Gasteiger partial charge in [0.2, 0.25) is 5.91 Å². The third kappa shape index (κ3) is 4.33. The fourth-order valence-corrected chi connectivity index (χ4v) is 4.62. The Kier molecular flexibility index (Phi) is 6.44. The van der Waals surface area contributed by atoms with Crippen LogP contribution in [0.3, 0.4) is 0 Å². The summed E-state index contributed by atoms with van der Waals surface area (Å²) in [5, 5.41) is 0. The maximum absolute atomic E-state index is 13.6. The lowest BCUT2D eigenvalue weighted by atomic mass is 10.1. The van der Waals surface area contributed by atoms with Gasteiger partial charge < -0.3 is 14.4 Å². The number of carbonyl (C=O) groups excluding carboxylic acids is 4. The third-order valence-corrected chi connectivity index (χ3v) is 6.27. The summed E-state index contributed by atoms with van der Waals surface area (Å²) in [6, 6.07) is 11.9. The molecule has 33 heavy (non-hydrogen) atoms. The van der Waals surface area contributed by atoms with E-state index in [0.717, 1.165) is 30.6 Å². The van der Waals surface area contributed by atoms with Gasteiger partial charge in [-0.05, 0) is 55.3 Å². The molecule has 2 aromatic rings. The summed E-state index contributed by atoms with van der Waals surface area (Å²) in [5.41, 5.74) is 1.10. The van der Waals surface area contributed by atoms with Gasteiger partial charge in [0, 0.05) is 11.6 Å². The molecule has 2 aromatic carbocycles. The third-order valence-electron chi connectivity index (χ3n) is 6.27. The van der Waals surface area contributed by atoms with Gasteiger partial charge in [-0.2, -0.15) is 0 Å². The van der Waals surface area contributed by atoms with E-state index < -0.39 is 17.9 Å². The number of hydrogen-bond donors (Lipinski definition) is 0.